The van der Waals surface area contributed by atoms with E-state index in [1.54, 1.807) is 4.90 Å². The van der Waals surface area contributed by atoms with Gasteiger partial charge in [-0.3, -0.25) is 19.8 Å². The van der Waals surface area contributed by atoms with Crippen molar-refractivity contribution in [1.82, 2.24) is 15.1 Å². The van der Waals surface area contributed by atoms with Crippen LogP contribution >= 0.6 is 0 Å². The van der Waals surface area contributed by atoms with Crippen molar-refractivity contribution < 1.29 is 19.1 Å². The summed E-state index contributed by atoms with van der Waals surface area (Å²) in [5, 5.41) is 2.44. The van der Waals surface area contributed by atoms with Gasteiger partial charge in [0, 0.05) is 51.4 Å². The number of nitrogens with one attached hydrogen (secondary N) is 1. The molecule has 8 nitrogen and oxygen atoms in total. The molecule has 3 aliphatic rings. The van der Waals surface area contributed by atoms with E-state index in [1.165, 1.54) is 5.69 Å². The van der Waals surface area contributed by atoms with Crippen molar-refractivity contribution in [2.45, 2.75) is 51.6 Å². The summed E-state index contributed by atoms with van der Waals surface area (Å²) in [6.07, 6.45) is 1.90. The van der Waals surface area contributed by atoms with E-state index in [0.29, 0.717) is 18.8 Å². The van der Waals surface area contributed by atoms with Crippen LogP contribution in [-0.4, -0.2) is 79.1 Å². The van der Waals surface area contributed by atoms with Crippen molar-refractivity contribution in [1.29, 1.82) is 0 Å². The summed E-state index contributed by atoms with van der Waals surface area (Å²) < 4.78 is 5.43. The van der Waals surface area contributed by atoms with Crippen LogP contribution in [-0.2, 0) is 14.3 Å². The number of imide groups is 1. The highest BCUT2D eigenvalue weighted by molar-refractivity contribution is 6.00. The van der Waals surface area contributed by atoms with E-state index in [2.05, 4.69) is 27.2 Å². The number of anilines is 1. The number of piperazine rings is 1. The molecule has 1 unspecified atom stereocenters. The lowest BCUT2D eigenvalue weighted by atomic mass is 9.90. The van der Waals surface area contributed by atoms with Crippen molar-refractivity contribution in [3.05, 3.63) is 29.8 Å². The average Bonchev–Trinajstić information content (AvgIpc) is 2.72. The van der Waals surface area contributed by atoms with Crippen LogP contribution in [0, 0.1) is 5.92 Å². The Morgan fingerprint density at radius 1 is 1.06 bits per heavy atom. The minimum absolute atomic E-state index is 0.177. The minimum Gasteiger partial charge on any atom is -0.444 e. The summed E-state index contributed by atoms with van der Waals surface area (Å²) in [5.41, 5.74) is 1.72. The van der Waals surface area contributed by atoms with E-state index in [9.17, 15) is 14.4 Å². The van der Waals surface area contributed by atoms with Crippen LogP contribution in [0.1, 0.15) is 51.5 Å². The standard InChI is InChI=1S/C25H36N4O4/c1-25(2,3)33-24(32)29-16-18(17-29)10-11-27-12-14-28(15-13-27)20-6-4-19(5-7-20)21-8-9-22(30)26-23(21)31/h4-7,18,21H,8-17H2,1-3H3,(H,26,30,31). The Balaban J connectivity index is 1.17. The van der Waals surface area contributed by atoms with Crippen LogP contribution in [0.15, 0.2) is 24.3 Å². The highest BCUT2D eigenvalue weighted by Gasteiger charge is 2.34. The second kappa shape index (κ2) is 9.71. The zero-order chi connectivity index (χ0) is 23.6. The Kier molecular flexibility index (Phi) is 6.93. The second-order valence-electron chi connectivity index (χ2n) is 10.5. The van der Waals surface area contributed by atoms with Gasteiger partial charge in [-0.25, -0.2) is 4.79 Å². The Morgan fingerprint density at radius 3 is 2.33 bits per heavy atom. The molecule has 4 rings (SSSR count). The molecule has 3 saturated heterocycles. The van der Waals surface area contributed by atoms with Crippen molar-refractivity contribution in [3.8, 4) is 0 Å². The molecule has 3 aliphatic heterocycles. The molecule has 180 valence electrons. The number of piperidine rings is 1. The third-order valence-corrected chi connectivity index (χ3v) is 6.73. The molecule has 8 heteroatoms. The first-order valence-electron chi connectivity index (χ1n) is 12.1. The molecule has 3 amide bonds. The smallest absolute Gasteiger partial charge is 0.410 e. The predicted octanol–water partition coefficient (Wildman–Crippen LogP) is 2.59. The zero-order valence-electron chi connectivity index (χ0n) is 20.0. The van der Waals surface area contributed by atoms with E-state index in [0.717, 1.165) is 57.8 Å². The van der Waals surface area contributed by atoms with Gasteiger partial charge in [0.25, 0.3) is 0 Å². The number of nitrogens with zero attached hydrogens (tertiary/aromatic N) is 3. The maximum atomic E-state index is 12.1. The molecular weight excluding hydrogens is 420 g/mol. The van der Waals surface area contributed by atoms with E-state index in [1.807, 2.05) is 32.9 Å². The third-order valence-electron chi connectivity index (χ3n) is 6.73. The van der Waals surface area contributed by atoms with Crippen LogP contribution in [0.3, 0.4) is 0 Å². The lowest BCUT2D eigenvalue weighted by Gasteiger charge is -2.41. The molecule has 1 aromatic rings. The van der Waals surface area contributed by atoms with Crippen LogP contribution in [0.5, 0.6) is 0 Å². The van der Waals surface area contributed by atoms with E-state index >= 15 is 0 Å². The summed E-state index contributed by atoms with van der Waals surface area (Å²) in [7, 11) is 0. The number of rotatable bonds is 5. The number of ether oxygens (including phenoxy) is 1. The SMILES string of the molecule is CC(C)(C)OC(=O)N1CC(CCN2CCN(c3ccc(C4CCC(=O)NC4=O)cc3)CC2)C1. The fourth-order valence-corrected chi connectivity index (χ4v) is 4.75. The summed E-state index contributed by atoms with van der Waals surface area (Å²) in [6, 6.07) is 8.23. The number of benzene rings is 1. The van der Waals surface area contributed by atoms with Gasteiger partial charge in [0.2, 0.25) is 11.8 Å². The van der Waals surface area contributed by atoms with Gasteiger partial charge < -0.3 is 14.5 Å². The quantitative estimate of drug-likeness (QED) is 0.686. The normalized spacial score (nSPS) is 22.7. The molecule has 0 aromatic heterocycles. The monoisotopic (exact) mass is 456 g/mol. The summed E-state index contributed by atoms with van der Waals surface area (Å²) in [5.74, 6) is -0.0292. The molecule has 0 aliphatic carbocycles. The summed E-state index contributed by atoms with van der Waals surface area (Å²) in [6.45, 7) is 12.4. The Morgan fingerprint density at radius 2 is 1.73 bits per heavy atom. The highest BCUT2D eigenvalue weighted by atomic mass is 16.6. The Labute approximate surface area is 196 Å². The number of hydrogen-bond acceptors (Lipinski definition) is 6. The van der Waals surface area contributed by atoms with Crippen LogP contribution in [0.2, 0.25) is 0 Å². The molecular formula is C25H36N4O4. The van der Waals surface area contributed by atoms with Crippen molar-refractivity contribution in [2.24, 2.45) is 5.92 Å². The van der Waals surface area contributed by atoms with E-state index in [-0.39, 0.29) is 23.8 Å². The zero-order valence-corrected chi connectivity index (χ0v) is 20.0. The molecule has 1 aromatic carbocycles. The number of amides is 3. The van der Waals surface area contributed by atoms with Gasteiger partial charge in [-0.15, -0.1) is 0 Å². The first-order chi connectivity index (χ1) is 15.7. The first kappa shape index (κ1) is 23.5. The first-order valence-corrected chi connectivity index (χ1v) is 12.1. The minimum atomic E-state index is -0.437. The number of likely N-dealkylation sites (tertiary alicyclic amines) is 1. The molecule has 3 fully saturated rings. The number of hydrogen-bond donors (Lipinski definition) is 1. The molecule has 3 heterocycles. The molecule has 0 saturated carbocycles. The fourth-order valence-electron chi connectivity index (χ4n) is 4.75. The van der Waals surface area contributed by atoms with Crippen LogP contribution < -0.4 is 10.2 Å². The summed E-state index contributed by atoms with van der Waals surface area (Å²) in [4.78, 5) is 42.2. The lowest BCUT2D eigenvalue weighted by molar-refractivity contribution is -0.134. The molecule has 1 N–H and O–H groups in total. The van der Waals surface area contributed by atoms with Crippen molar-refractivity contribution >= 4 is 23.6 Å². The Bertz CT molecular complexity index is 865. The molecule has 0 radical (unpaired) electrons. The largest absolute Gasteiger partial charge is 0.444 e. The number of carbonyl (C=O) groups is 3. The second-order valence-corrected chi connectivity index (χ2v) is 10.5. The van der Waals surface area contributed by atoms with Gasteiger partial charge in [-0.05, 0) is 63.8 Å². The van der Waals surface area contributed by atoms with Crippen molar-refractivity contribution in [3.63, 3.8) is 0 Å². The lowest BCUT2D eigenvalue weighted by Crippen LogP contribution is -2.53. The van der Waals surface area contributed by atoms with E-state index in [4.69, 9.17) is 4.74 Å². The van der Waals surface area contributed by atoms with E-state index < -0.39 is 5.60 Å². The van der Waals surface area contributed by atoms with Crippen LogP contribution in [0.4, 0.5) is 10.5 Å². The van der Waals surface area contributed by atoms with Crippen LogP contribution in [0.25, 0.3) is 0 Å². The maximum Gasteiger partial charge on any atom is 0.410 e. The average molecular weight is 457 g/mol. The molecule has 0 bridgehead atoms. The van der Waals surface area contributed by atoms with Gasteiger partial charge in [-0.1, -0.05) is 12.1 Å². The highest BCUT2D eigenvalue weighted by Crippen LogP contribution is 2.27. The molecule has 0 spiro atoms. The number of carbonyl (C=O) groups excluding carboxylic acids is 3. The molecule has 33 heavy (non-hydrogen) atoms. The van der Waals surface area contributed by atoms with Crippen molar-refractivity contribution in [2.75, 3.05) is 50.7 Å². The summed E-state index contributed by atoms with van der Waals surface area (Å²) >= 11 is 0. The van der Waals surface area contributed by atoms with Gasteiger partial charge in [0.1, 0.15) is 5.60 Å². The van der Waals surface area contributed by atoms with Gasteiger partial charge in [-0.2, -0.15) is 0 Å². The maximum absolute atomic E-state index is 12.1. The van der Waals surface area contributed by atoms with Gasteiger partial charge in [0.05, 0.1) is 5.92 Å². The topological polar surface area (TPSA) is 82.2 Å². The molecule has 1 atom stereocenters. The Hall–Kier alpha value is -2.61. The third kappa shape index (κ3) is 6.05. The van der Waals surface area contributed by atoms with Gasteiger partial charge in [0.15, 0.2) is 0 Å². The van der Waals surface area contributed by atoms with Gasteiger partial charge >= 0.3 is 6.09 Å². The predicted molar refractivity (Wildman–Crippen MR) is 126 cm³/mol. The fraction of sp³-hybridized carbons (Fsp3) is 0.640.